The molecule has 2 rings (SSSR count). The van der Waals surface area contributed by atoms with E-state index in [9.17, 15) is 9.59 Å². The fourth-order valence-corrected chi connectivity index (χ4v) is 1.85. The minimum atomic E-state index is -0.0926. The quantitative estimate of drug-likeness (QED) is 0.822. The van der Waals surface area contributed by atoms with Crippen LogP contribution in [0.25, 0.3) is 0 Å². The highest BCUT2D eigenvalue weighted by Gasteiger charge is 2.21. The lowest BCUT2D eigenvalue weighted by molar-refractivity contribution is -0.117. The number of hydrogen-bond donors (Lipinski definition) is 1. The van der Waals surface area contributed by atoms with Crippen molar-refractivity contribution in [1.29, 1.82) is 0 Å². The number of amides is 2. The van der Waals surface area contributed by atoms with E-state index < -0.39 is 0 Å². The molecule has 4 nitrogen and oxygen atoms in total. The topological polar surface area (TPSA) is 49.4 Å². The Morgan fingerprint density at radius 2 is 2.00 bits per heavy atom. The molecule has 84 valence electrons. The maximum Gasteiger partial charge on any atom is 0.227 e. The van der Waals surface area contributed by atoms with Crippen LogP contribution in [0.5, 0.6) is 0 Å². The van der Waals surface area contributed by atoms with Crippen molar-refractivity contribution < 1.29 is 9.59 Å². The van der Waals surface area contributed by atoms with Gasteiger partial charge >= 0.3 is 0 Å². The van der Waals surface area contributed by atoms with Gasteiger partial charge in [-0.05, 0) is 30.7 Å². The van der Waals surface area contributed by atoms with Crippen LogP contribution in [0, 0.1) is 0 Å². The van der Waals surface area contributed by atoms with E-state index >= 15 is 0 Å². The molecule has 2 amide bonds. The minimum absolute atomic E-state index is 0.0926. The molecule has 1 heterocycles. The van der Waals surface area contributed by atoms with Gasteiger partial charge in [0.25, 0.3) is 0 Å². The fourth-order valence-electron chi connectivity index (χ4n) is 1.85. The average Bonchev–Trinajstić information content (AvgIpc) is 2.65. The summed E-state index contributed by atoms with van der Waals surface area (Å²) >= 11 is 0. The molecule has 1 aliphatic heterocycles. The summed E-state index contributed by atoms with van der Waals surface area (Å²) in [5, 5.41) is 2.69. The van der Waals surface area contributed by atoms with Crippen molar-refractivity contribution in [3.8, 4) is 0 Å². The monoisotopic (exact) mass is 218 g/mol. The standard InChI is InChI=1S/C12H14N2O2/c1-9(15)13-10-4-6-11(7-5-10)14-8-2-3-12(14)16/h4-7H,2-3,8H2,1H3,(H,13,15). The van der Waals surface area contributed by atoms with Crippen LogP contribution >= 0.6 is 0 Å². The van der Waals surface area contributed by atoms with Crippen molar-refractivity contribution in [3.05, 3.63) is 24.3 Å². The Morgan fingerprint density at radius 3 is 2.50 bits per heavy atom. The summed E-state index contributed by atoms with van der Waals surface area (Å²) in [5.41, 5.74) is 1.65. The first kappa shape index (κ1) is 10.7. The van der Waals surface area contributed by atoms with Gasteiger partial charge in [0.15, 0.2) is 0 Å². The van der Waals surface area contributed by atoms with Gasteiger partial charge in [0.2, 0.25) is 11.8 Å². The molecule has 1 N–H and O–H groups in total. The van der Waals surface area contributed by atoms with Crippen LogP contribution < -0.4 is 10.2 Å². The Morgan fingerprint density at radius 1 is 1.31 bits per heavy atom. The van der Waals surface area contributed by atoms with Gasteiger partial charge in [0.05, 0.1) is 0 Å². The van der Waals surface area contributed by atoms with Crippen LogP contribution in [0.4, 0.5) is 11.4 Å². The Kier molecular flexibility index (Phi) is 2.90. The van der Waals surface area contributed by atoms with Gasteiger partial charge in [0, 0.05) is 31.3 Å². The Labute approximate surface area is 94.2 Å². The van der Waals surface area contributed by atoms with Gasteiger partial charge in [-0.2, -0.15) is 0 Å². The maximum absolute atomic E-state index is 11.5. The predicted molar refractivity (Wildman–Crippen MR) is 62.3 cm³/mol. The number of benzene rings is 1. The second-order valence-electron chi connectivity index (χ2n) is 3.88. The van der Waals surface area contributed by atoms with Crippen molar-refractivity contribution in [2.45, 2.75) is 19.8 Å². The number of nitrogens with zero attached hydrogens (tertiary/aromatic N) is 1. The molecule has 0 unspecified atom stereocenters. The van der Waals surface area contributed by atoms with E-state index in [0.717, 1.165) is 24.3 Å². The van der Waals surface area contributed by atoms with Gasteiger partial charge in [-0.15, -0.1) is 0 Å². The van der Waals surface area contributed by atoms with E-state index in [0.29, 0.717) is 6.42 Å². The van der Waals surface area contributed by atoms with Crippen molar-refractivity contribution in [2.24, 2.45) is 0 Å². The molecule has 0 atom stereocenters. The highest BCUT2D eigenvalue weighted by molar-refractivity contribution is 5.95. The van der Waals surface area contributed by atoms with Crippen LogP contribution in [-0.2, 0) is 9.59 Å². The van der Waals surface area contributed by atoms with Gasteiger partial charge in [-0.3, -0.25) is 9.59 Å². The zero-order chi connectivity index (χ0) is 11.5. The van der Waals surface area contributed by atoms with Crippen molar-refractivity contribution in [3.63, 3.8) is 0 Å². The van der Waals surface area contributed by atoms with E-state index in [4.69, 9.17) is 0 Å². The molecule has 4 heteroatoms. The number of carbonyl (C=O) groups excluding carboxylic acids is 2. The number of carbonyl (C=O) groups is 2. The summed E-state index contributed by atoms with van der Waals surface area (Å²) in [7, 11) is 0. The van der Waals surface area contributed by atoms with Gasteiger partial charge in [-0.1, -0.05) is 0 Å². The van der Waals surface area contributed by atoms with E-state index in [-0.39, 0.29) is 11.8 Å². The summed E-state index contributed by atoms with van der Waals surface area (Å²) in [5.74, 6) is 0.0808. The number of nitrogens with one attached hydrogen (secondary N) is 1. The van der Waals surface area contributed by atoms with Crippen LogP contribution in [0.1, 0.15) is 19.8 Å². The molecule has 0 aliphatic carbocycles. The van der Waals surface area contributed by atoms with E-state index in [1.54, 1.807) is 4.90 Å². The Hall–Kier alpha value is -1.84. The SMILES string of the molecule is CC(=O)Nc1ccc(N2CCCC2=O)cc1. The number of anilines is 2. The fraction of sp³-hybridized carbons (Fsp3) is 0.333. The lowest BCUT2D eigenvalue weighted by Crippen LogP contribution is -2.23. The van der Waals surface area contributed by atoms with Crippen LogP contribution in [-0.4, -0.2) is 18.4 Å². The second kappa shape index (κ2) is 4.35. The molecule has 1 aromatic rings. The summed E-state index contributed by atoms with van der Waals surface area (Å²) in [4.78, 5) is 24.1. The van der Waals surface area contributed by atoms with E-state index in [2.05, 4.69) is 5.32 Å². The molecular formula is C12H14N2O2. The van der Waals surface area contributed by atoms with Gasteiger partial charge in [-0.25, -0.2) is 0 Å². The van der Waals surface area contributed by atoms with Crippen molar-refractivity contribution in [1.82, 2.24) is 0 Å². The molecule has 0 spiro atoms. The molecule has 1 aliphatic rings. The maximum atomic E-state index is 11.5. The van der Waals surface area contributed by atoms with Gasteiger partial charge < -0.3 is 10.2 Å². The summed E-state index contributed by atoms with van der Waals surface area (Å²) < 4.78 is 0. The van der Waals surface area contributed by atoms with Crippen molar-refractivity contribution >= 4 is 23.2 Å². The summed E-state index contributed by atoms with van der Waals surface area (Å²) in [6.45, 7) is 2.26. The zero-order valence-electron chi connectivity index (χ0n) is 9.19. The normalized spacial score (nSPS) is 15.3. The van der Waals surface area contributed by atoms with Crippen LogP contribution in [0.15, 0.2) is 24.3 Å². The van der Waals surface area contributed by atoms with Crippen LogP contribution in [0.2, 0.25) is 0 Å². The summed E-state index contributed by atoms with van der Waals surface area (Å²) in [6, 6.07) is 7.33. The zero-order valence-corrected chi connectivity index (χ0v) is 9.19. The first-order valence-electron chi connectivity index (χ1n) is 5.35. The predicted octanol–water partition coefficient (Wildman–Crippen LogP) is 1.77. The molecule has 0 aromatic heterocycles. The molecule has 1 saturated heterocycles. The average molecular weight is 218 g/mol. The third-order valence-corrected chi connectivity index (χ3v) is 2.57. The lowest BCUT2D eigenvalue weighted by Gasteiger charge is -2.15. The number of rotatable bonds is 2. The third kappa shape index (κ3) is 2.21. The molecule has 0 saturated carbocycles. The first-order chi connectivity index (χ1) is 7.66. The minimum Gasteiger partial charge on any atom is -0.326 e. The summed E-state index contributed by atoms with van der Waals surface area (Å²) in [6.07, 6.45) is 1.56. The molecule has 1 fully saturated rings. The highest BCUT2D eigenvalue weighted by Crippen LogP contribution is 2.22. The molecule has 1 aromatic carbocycles. The molecule has 16 heavy (non-hydrogen) atoms. The lowest BCUT2D eigenvalue weighted by atomic mass is 10.2. The first-order valence-corrected chi connectivity index (χ1v) is 5.35. The molecular weight excluding hydrogens is 204 g/mol. The Balaban J connectivity index is 2.12. The van der Waals surface area contributed by atoms with Gasteiger partial charge in [0.1, 0.15) is 0 Å². The van der Waals surface area contributed by atoms with Crippen LogP contribution in [0.3, 0.4) is 0 Å². The van der Waals surface area contributed by atoms with E-state index in [1.165, 1.54) is 6.92 Å². The largest absolute Gasteiger partial charge is 0.326 e. The smallest absolute Gasteiger partial charge is 0.227 e. The Bertz CT molecular complexity index is 412. The van der Waals surface area contributed by atoms with E-state index in [1.807, 2.05) is 24.3 Å². The third-order valence-electron chi connectivity index (χ3n) is 2.57. The highest BCUT2D eigenvalue weighted by atomic mass is 16.2. The molecule has 0 bridgehead atoms. The molecule has 0 radical (unpaired) electrons. The van der Waals surface area contributed by atoms with Crippen molar-refractivity contribution in [2.75, 3.05) is 16.8 Å². The second-order valence-corrected chi connectivity index (χ2v) is 3.88. The number of hydrogen-bond acceptors (Lipinski definition) is 2.